The Bertz CT molecular complexity index is 708. The number of hydrogen-bond donors (Lipinski definition) is 0. The Kier molecular flexibility index (Phi) is 4.20. The molecule has 0 radical (unpaired) electrons. The smallest absolute Gasteiger partial charge is 0.120 e. The van der Waals surface area contributed by atoms with Crippen LogP contribution in [-0.4, -0.2) is 62.6 Å². The second-order valence-corrected chi connectivity index (χ2v) is 6.49. The van der Waals surface area contributed by atoms with E-state index >= 15 is 0 Å². The third-order valence-corrected chi connectivity index (χ3v) is 4.93. The van der Waals surface area contributed by atoms with Crippen molar-refractivity contribution in [2.75, 3.05) is 27.2 Å². The SMILES string of the molecule is Cc1c(CN2C[C@@H](N(C)C)[C@@H](n3ccnn3)C2)cc(C#N)n1C. The van der Waals surface area contributed by atoms with Crippen LogP contribution in [0.4, 0.5) is 0 Å². The van der Waals surface area contributed by atoms with Gasteiger partial charge in [-0.05, 0) is 32.6 Å². The molecule has 7 nitrogen and oxygen atoms in total. The number of nitrogens with zero attached hydrogens (tertiary/aromatic N) is 7. The van der Waals surface area contributed by atoms with Gasteiger partial charge in [-0.1, -0.05) is 5.21 Å². The van der Waals surface area contributed by atoms with Crippen molar-refractivity contribution < 1.29 is 0 Å². The van der Waals surface area contributed by atoms with Gasteiger partial charge in [0.05, 0.1) is 12.2 Å². The molecule has 3 rings (SSSR count). The Morgan fingerprint density at radius 3 is 2.74 bits per heavy atom. The Labute approximate surface area is 136 Å². The molecule has 0 saturated carbocycles. The number of aromatic nitrogens is 4. The minimum atomic E-state index is 0.298. The summed E-state index contributed by atoms with van der Waals surface area (Å²) in [5.74, 6) is 0. The first-order valence-electron chi connectivity index (χ1n) is 7.81. The van der Waals surface area contributed by atoms with Gasteiger partial charge in [0.1, 0.15) is 11.8 Å². The zero-order chi connectivity index (χ0) is 16.6. The molecular formula is C16H23N7. The van der Waals surface area contributed by atoms with Gasteiger partial charge in [0, 0.05) is 44.6 Å². The Morgan fingerprint density at radius 2 is 2.17 bits per heavy atom. The third-order valence-electron chi connectivity index (χ3n) is 4.93. The van der Waals surface area contributed by atoms with E-state index in [0.29, 0.717) is 17.8 Å². The van der Waals surface area contributed by atoms with E-state index < -0.39 is 0 Å². The van der Waals surface area contributed by atoms with Crippen LogP contribution in [0.15, 0.2) is 18.5 Å². The average Bonchev–Trinajstić information content (AvgIpc) is 3.22. The van der Waals surface area contributed by atoms with E-state index in [1.807, 2.05) is 28.6 Å². The van der Waals surface area contributed by atoms with E-state index in [9.17, 15) is 5.26 Å². The van der Waals surface area contributed by atoms with Gasteiger partial charge in [0.25, 0.3) is 0 Å². The summed E-state index contributed by atoms with van der Waals surface area (Å²) in [5.41, 5.74) is 3.10. The number of likely N-dealkylation sites (N-methyl/N-ethyl adjacent to an activating group) is 1. The van der Waals surface area contributed by atoms with E-state index in [1.165, 1.54) is 5.56 Å². The van der Waals surface area contributed by atoms with Crippen LogP contribution in [0.5, 0.6) is 0 Å². The maximum Gasteiger partial charge on any atom is 0.120 e. The summed E-state index contributed by atoms with van der Waals surface area (Å²) in [5, 5.41) is 17.3. The molecule has 1 aliphatic rings. The van der Waals surface area contributed by atoms with Gasteiger partial charge in [-0.3, -0.25) is 4.90 Å². The predicted octanol–water partition coefficient (Wildman–Crippen LogP) is 0.784. The van der Waals surface area contributed by atoms with Crippen LogP contribution in [0.3, 0.4) is 0 Å². The highest BCUT2D eigenvalue weighted by Gasteiger charge is 2.36. The van der Waals surface area contributed by atoms with Crippen molar-refractivity contribution in [3.63, 3.8) is 0 Å². The largest absolute Gasteiger partial charge is 0.340 e. The molecule has 2 aromatic heterocycles. The third kappa shape index (κ3) is 2.87. The Balaban J connectivity index is 1.79. The molecule has 0 aromatic carbocycles. The molecule has 0 aliphatic carbocycles. The fourth-order valence-corrected chi connectivity index (χ4v) is 3.41. The summed E-state index contributed by atoms with van der Waals surface area (Å²) >= 11 is 0. The van der Waals surface area contributed by atoms with E-state index in [4.69, 9.17) is 0 Å². The molecule has 1 saturated heterocycles. The van der Waals surface area contributed by atoms with E-state index in [-0.39, 0.29) is 0 Å². The molecule has 2 aromatic rings. The van der Waals surface area contributed by atoms with E-state index in [2.05, 4.69) is 47.2 Å². The zero-order valence-electron chi connectivity index (χ0n) is 14.1. The number of rotatable bonds is 4. The molecule has 1 fully saturated rings. The second-order valence-electron chi connectivity index (χ2n) is 6.49. The van der Waals surface area contributed by atoms with Crippen LogP contribution < -0.4 is 0 Å². The van der Waals surface area contributed by atoms with Crippen LogP contribution >= 0.6 is 0 Å². The van der Waals surface area contributed by atoms with Crippen molar-refractivity contribution >= 4 is 0 Å². The van der Waals surface area contributed by atoms with Crippen LogP contribution in [0.25, 0.3) is 0 Å². The highest BCUT2D eigenvalue weighted by Crippen LogP contribution is 2.27. The van der Waals surface area contributed by atoms with Crippen LogP contribution in [-0.2, 0) is 13.6 Å². The molecule has 0 bridgehead atoms. The summed E-state index contributed by atoms with van der Waals surface area (Å²) in [6.07, 6.45) is 3.67. The molecule has 1 aliphatic heterocycles. The van der Waals surface area contributed by atoms with Crippen LogP contribution in [0.2, 0.25) is 0 Å². The lowest BCUT2D eigenvalue weighted by atomic mass is 10.1. The predicted molar refractivity (Wildman–Crippen MR) is 86.7 cm³/mol. The van der Waals surface area contributed by atoms with Gasteiger partial charge in [0.15, 0.2) is 0 Å². The van der Waals surface area contributed by atoms with Crippen molar-refractivity contribution in [3.05, 3.63) is 35.4 Å². The Morgan fingerprint density at radius 1 is 1.39 bits per heavy atom. The first kappa shape index (κ1) is 15.7. The summed E-state index contributed by atoms with van der Waals surface area (Å²) in [6.45, 7) is 4.84. The van der Waals surface area contributed by atoms with Gasteiger partial charge in [-0.15, -0.1) is 5.10 Å². The molecule has 0 spiro atoms. The van der Waals surface area contributed by atoms with Crippen molar-refractivity contribution in [1.82, 2.24) is 29.4 Å². The molecule has 0 N–H and O–H groups in total. The fourth-order valence-electron chi connectivity index (χ4n) is 3.41. The maximum atomic E-state index is 9.19. The second kappa shape index (κ2) is 6.14. The molecule has 7 heteroatoms. The topological polar surface area (TPSA) is 65.9 Å². The zero-order valence-corrected chi connectivity index (χ0v) is 14.1. The van der Waals surface area contributed by atoms with Gasteiger partial charge >= 0.3 is 0 Å². The molecule has 0 unspecified atom stereocenters. The van der Waals surface area contributed by atoms with Gasteiger partial charge in [-0.2, -0.15) is 5.26 Å². The minimum absolute atomic E-state index is 0.298. The van der Waals surface area contributed by atoms with E-state index in [1.54, 1.807) is 6.20 Å². The highest BCUT2D eigenvalue weighted by atomic mass is 15.5. The summed E-state index contributed by atoms with van der Waals surface area (Å²) in [6, 6.07) is 4.95. The number of nitriles is 1. The lowest BCUT2D eigenvalue weighted by Gasteiger charge is -2.24. The fraction of sp³-hybridized carbons (Fsp3) is 0.562. The standard InChI is InChI=1S/C16H23N7/c1-12-13(7-14(8-17)21(12)4)9-22-10-15(20(2)3)16(11-22)23-6-5-18-19-23/h5-7,15-16H,9-11H2,1-4H3/t15-,16+/m1/s1. The van der Waals surface area contributed by atoms with Crippen LogP contribution in [0, 0.1) is 18.3 Å². The minimum Gasteiger partial charge on any atom is -0.340 e. The molecule has 23 heavy (non-hydrogen) atoms. The highest BCUT2D eigenvalue weighted by molar-refractivity contribution is 5.34. The van der Waals surface area contributed by atoms with Crippen molar-refractivity contribution in [1.29, 1.82) is 5.26 Å². The first-order chi connectivity index (χ1) is 11.0. The average molecular weight is 313 g/mol. The van der Waals surface area contributed by atoms with E-state index in [0.717, 1.165) is 25.3 Å². The number of likely N-dealkylation sites (tertiary alicyclic amines) is 1. The number of hydrogen-bond acceptors (Lipinski definition) is 5. The lowest BCUT2D eigenvalue weighted by Crippen LogP contribution is -2.36. The van der Waals surface area contributed by atoms with Gasteiger partial charge < -0.3 is 9.47 Å². The quantitative estimate of drug-likeness (QED) is 0.835. The Hall–Kier alpha value is -2.17. The molecular weight excluding hydrogens is 290 g/mol. The van der Waals surface area contributed by atoms with Crippen LogP contribution in [0.1, 0.15) is 23.0 Å². The normalized spacial score (nSPS) is 21.9. The van der Waals surface area contributed by atoms with Crippen molar-refractivity contribution in [3.8, 4) is 6.07 Å². The maximum absolute atomic E-state index is 9.19. The lowest BCUT2D eigenvalue weighted by molar-refractivity contribution is 0.237. The van der Waals surface area contributed by atoms with Crippen molar-refractivity contribution in [2.45, 2.75) is 25.6 Å². The van der Waals surface area contributed by atoms with Gasteiger partial charge in [0.2, 0.25) is 0 Å². The summed E-state index contributed by atoms with van der Waals surface area (Å²) in [4.78, 5) is 4.69. The molecule has 0 amide bonds. The van der Waals surface area contributed by atoms with Gasteiger partial charge in [-0.25, -0.2) is 4.68 Å². The summed E-state index contributed by atoms with van der Waals surface area (Å²) in [7, 11) is 6.17. The van der Waals surface area contributed by atoms with Crippen molar-refractivity contribution in [2.24, 2.45) is 7.05 Å². The molecule has 122 valence electrons. The summed E-state index contributed by atoms with van der Waals surface area (Å²) < 4.78 is 3.92. The first-order valence-corrected chi connectivity index (χ1v) is 7.81. The monoisotopic (exact) mass is 313 g/mol. The molecule has 2 atom stereocenters. The molecule has 3 heterocycles.